The Balaban J connectivity index is 0.00000172. The van der Waals surface area contributed by atoms with Crippen LogP contribution < -0.4 is 5.73 Å². The molecule has 3 unspecified atom stereocenters. The zero-order valence-corrected chi connectivity index (χ0v) is 12.0. The van der Waals surface area contributed by atoms with Gasteiger partial charge in [-0.25, -0.2) is 0 Å². The first-order valence-corrected chi connectivity index (χ1v) is 7.03. The molecule has 1 fully saturated rings. The zero-order chi connectivity index (χ0) is 15.5. The molecule has 1 aliphatic heterocycles. The lowest BCUT2D eigenvalue weighted by Crippen LogP contribution is -2.51. The average Bonchev–Trinajstić information content (AvgIpc) is 2.45. The smallest absolute Gasteiger partial charge is 0.332 e. The van der Waals surface area contributed by atoms with Gasteiger partial charge in [0.05, 0.1) is 25.2 Å². The maximum atomic E-state index is 9.55. The zero-order valence-electron chi connectivity index (χ0n) is 11.1. The number of nitrogens with two attached hydrogens (primary N) is 1. The maximum Gasteiger partial charge on any atom is 0.332 e. The quantitative estimate of drug-likeness (QED) is 0.292. The minimum Gasteiger partial charge on any atom is -0.400 e. The first kappa shape index (κ1) is 19.6. The van der Waals surface area contributed by atoms with Crippen LogP contribution in [0.25, 0.3) is 0 Å². The van der Waals surface area contributed by atoms with Gasteiger partial charge in [-0.1, -0.05) is 0 Å². The van der Waals surface area contributed by atoms with Crippen molar-refractivity contribution in [2.45, 2.75) is 37.4 Å². The van der Waals surface area contributed by atoms with Gasteiger partial charge >= 0.3 is 8.60 Å². The van der Waals surface area contributed by atoms with Crippen LogP contribution in [0.5, 0.6) is 0 Å². The number of nitriles is 1. The Kier molecular flexibility index (Phi) is 11.1. The standard InChI is InChI=1S/C9H17N2O6P.CH4O/c10-2-1-3-15-18(14)17-8-4-6(12)9(13)7(5-11)16-8;1-2/h6-9,12-14H,1,3-5,11H2;2H,1H3/t6?,7?,8-,9+,18?;/m1./s1. The molecule has 1 heterocycles. The van der Waals surface area contributed by atoms with Gasteiger partial charge in [0.2, 0.25) is 0 Å². The van der Waals surface area contributed by atoms with Crippen molar-refractivity contribution in [3.05, 3.63) is 0 Å². The Hall–Kier alpha value is -0.400. The molecule has 20 heavy (non-hydrogen) atoms. The predicted molar refractivity (Wildman–Crippen MR) is 68.9 cm³/mol. The first-order chi connectivity index (χ1) is 9.58. The van der Waals surface area contributed by atoms with E-state index in [-0.39, 0.29) is 26.0 Å². The van der Waals surface area contributed by atoms with Crippen molar-refractivity contribution in [3.8, 4) is 6.07 Å². The monoisotopic (exact) mass is 312 g/mol. The number of rotatable bonds is 6. The molecule has 10 heteroatoms. The first-order valence-electron chi connectivity index (χ1n) is 5.90. The van der Waals surface area contributed by atoms with E-state index in [1.165, 1.54) is 0 Å². The van der Waals surface area contributed by atoms with Gasteiger partial charge in [-0.15, -0.1) is 0 Å². The van der Waals surface area contributed by atoms with Crippen LogP contribution in [-0.2, 0) is 13.8 Å². The molecule has 0 radical (unpaired) electrons. The summed E-state index contributed by atoms with van der Waals surface area (Å²) >= 11 is 0. The third-order valence-electron chi connectivity index (χ3n) is 2.39. The fraction of sp³-hybridized carbons (Fsp3) is 0.900. The van der Waals surface area contributed by atoms with Crippen molar-refractivity contribution in [2.24, 2.45) is 5.73 Å². The number of aliphatic hydroxyl groups is 3. The Labute approximate surface area is 118 Å². The molecule has 0 aromatic heterocycles. The van der Waals surface area contributed by atoms with Crippen molar-refractivity contribution in [1.29, 1.82) is 5.26 Å². The fourth-order valence-electron chi connectivity index (χ4n) is 1.48. The van der Waals surface area contributed by atoms with E-state index in [1.54, 1.807) is 0 Å². The third kappa shape index (κ3) is 6.85. The second kappa shape index (κ2) is 11.3. The van der Waals surface area contributed by atoms with Gasteiger partial charge in [0, 0.05) is 20.1 Å². The molecule has 1 saturated heterocycles. The second-order valence-corrected chi connectivity index (χ2v) is 4.66. The summed E-state index contributed by atoms with van der Waals surface area (Å²) in [7, 11) is -1.18. The molecule has 6 N–H and O–H groups in total. The molecule has 0 spiro atoms. The molecule has 9 nitrogen and oxygen atoms in total. The summed E-state index contributed by atoms with van der Waals surface area (Å²) in [5, 5.41) is 34.4. The van der Waals surface area contributed by atoms with Crippen molar-refractivity contribution in [3.63, 3.8) is 0 Å². The minimum atomic E-state index is -2.18. The Morgan fingerprint density at radius 1 is 1.45 bits per heavy atom. The summed E-state index contributed by atoms with van der Waals surface area (Å²) in [4.78, 5) is 9.39. The molecule has 5 atom stereocenters. The topological polar surface area (TPSA) is 158 Å². The fourth-order valence-corrected chi connectivity index (χ4v) is 2.12. The Morgan fingerprint density at radius 2 is 2.10 bits per heavy atom. The van der Waals surface area contributed by atoms with E-state index in [1.807, 2.05) is 6.07 Å². The van der Waals surface area contributed by atoms with Crippen LogP contribution in [0.3, 0.4) is 0 Å². The highest BCUT2D eigenvalue weighted by Crippen LogP contribution is 2.37. The molecular formula is C10H21N2O7P. The number of aliphatic hydroxyl groups excluding tert-OH is 3. The molecule has 0 amide bonds. The van der Waals surface area contributed by atoms with E-state index >= 15 is 0 Å². The van der Waals surface area contributed by atoms with Crippen LogP contribution in [-0.4, -0.2) is 65.1 Å². The highest BCUT2D eigenvalue weighted by molar-refractivity contribution is 7.40. The number of ether oxygens (including phenoxy) is 1. The van der Waals surface area contributed by atoms with E-state index in [9.17, 15) is 15.1 Å². The summed E-state index contributed by atoms with van der Waals surface area (Å²) in [6.07, 6.45) is -3.59. The molecule has 0 saturated carbocycles. The number of nitrogens with zero attached hydrogens (tertiary/aromatic N) is 1. The lowest BCUT2D eigenvalue weighted by Gasteiger charge is -2.36. The SMILES string of the molecule is CO.N#CCCOP(O)O[C@@H]1CC(O)[C@H](O)C(CN)O1. The molecule has 0 aromatic carbocycles. The Morgan fingerprint density at radius 3 is 2.65 bits per heavy atom. The van der Waals surface area contributed by atoms with Crippen LogP contribution in [0, 0.1) is 11.3 Å². The minimum absolute atomic E-state index is 0.0126. The molecule has 0 bridgehead atoms. The number of hydrogen-bond acceptors (Lipinski definition) is 9. The van der Waals surface area contributed by atoms with Gasteiger partial charge in [0.25, 0.3) is 0 Å². The molecule has 118 valence electrons. The predicted octanol–water partition coefficient (Wildman–Crippen LogP) is -1.44. The highest BCUT2D eigenvalue weighted by Gasteiger charge is 2.37. The molecule has 1 rings (SSSR count). The summed E-state index contributed by atoms with van der Waals surface area (Å²) in [6.45, 7) is 0.0770. The van der Waals surface area contributed by atoms with Crippen molar-refractivity contribution in [1.82, 2.24) is 0 Å². The van der Waals surface area contributed by atoms with Crippen LogP contribution in [0.2, 0.25) is 0 Å². The van der Waals surface area contributed by atoms with E-state index in [2.05, 4.69) is 0 Å². The number of hydrogen-bond donors (Lipinski definition) is 5. The molecule has 1 aliphatic rings. The van der Waals surface area contributed by atoms with E-state index in [4.69, 9.17) is 29.9 Å². The summed E-state index contributed by atoms with van der Waals surface area (Å²) in [5.74, 6) is 0. The van der Waals surface area contributed by atoms with Gasteiger partial charge in [0.1, 0.15) is 12.2 Å². The largest absolute Gasteiger partial charge is 0.400 e. The maximum absolute atomic E-state index is 9.55. The lowest BCUT2D eigenvalue weighted by atomic mass is 10.0. The van der Waals surface area contributed by atoms with Gasteiger partial charge < -0.3 is 35.2 Å². The normalized spacial score (nSPS) is 30.9. The van der Waals surface area contributed by atoms with Gasteiger partial charge in [-0.05, 0) is 0 Å². The third-order valence-corrected chi connectivity index (χ3v) is 3.21. The molecule has 0 aromatic rings. The van der Waals surface area contributed by atoms with Crippen LogP contribution in [0.1, 0.15) is 12.8 Å². The summed E-state index contributed by atoms with van der Waals surface area (Å²) in [6, 6.07) is 1.85. The lowest BCUT2D eigenvalue weighted by molar-refractivity contribution is -0.220. The van der Waals surface area contributed by atoms with Gasteiger partial charge in [-0.2, -0.15) is 5.26 Å². The summed E-state index contributed by atoms with van der Waals surface area (Å²) < 4.78 is 15.1. The van der Waals surface area contributed by atoms with E-state index < -0.39 is 33.2 Å². The van der Waals surface area contributed by atoms with Crippen molar-refractivity contribution >= 4 is 8.60 Å². The van der Waals surface area contributed by atoms with Crippen LogP contribution in [0.4, 0.5) is 0 Å². The Bertz CT molecular complexity index is 291. The average molecular weight is 312 g/mol. The van der Waals surface area contributed by atoms with Crippen molar-refractivity contribution in [2.75, 3.05) is 20.3 Å². The van der Waals surface area contributed by atoms with Crippen molar-refractivity contribution < 1.29 is 34.0 Å². The van der Waals surface area contributed by atoms with E-state index in [0.717, 1.165) is 7.11 Å². The molecule has 0 aliphatic carbocycles. The molecular weight excluding hydrogens is 291 g/mol. The second-order valence-electron chi connectivity index (χ2n) is 3.72. The highest BCUT2D eigenvalue weighted by atomic mass is 31.2. The van der Waals surface area contributed by atoms with E-state index in [0.29, 0.717) is 0 Å². The van der Waals surface area contributed by atoms with Crippen LogP contribution in [0.15, 0.2) is 0 Å². The van der Waals surface area contributed by atoms with Crippen LogP contribution >= 0.6 is 8.60 Å². The van der Waals surface area contributed by atoms with Gasteiger partial charge in [0.15, 0.2) is 6.29 Å². The van der Waals surface area contributed by atoms with Gasteiger partial charge in [-0.3, -0.25) is 4.52 Å². The summed E-state index contributed by atoms with van der Waals surface area (Å²) in [5.41, 5.74) is 5.37.